The molecule has 3 aromatic rings. The minimum atomic E-state index is -0.0393. The molecule has 0 aliphatic carbocycles. The summed E-state index contributed by atoms with van der Waals surface area (Å²) in [6, 6.07) is 15.2. The number of rotatable bonds is 4. The number of halogens is 1. The van der Waals surface area contributed by atoms with Crippen molar-refractivity contribution in [3.63, 3.8) is 0 Å². The van der Waals surface area contributed by atoms with Gasteiger partial charge in [0.15, 0.2) is 5.43 Å². The van der Waals surface area contributed by atoms with Crippen LogP contribution in [0.25, 0.3) is 10.9 Å². The lowest BCUT2D eigenvalue weighted by Gasteiger charge is -2.28. The molecule has 6 heteroatoms. The number of carbonyl (C=O) groups is 1. The molecule has 1 aliphatic heterocycles. The van der Waals surface area contributed by atoms with Gasteiger partial charge in [0, 0.05) is 42.7 Å². The molecule has 0 unspecified atom stereocenters. The van der Waals surface area contributed by atoms with Crippen LogP contribution in [-0.2, 0) is 24.3 Å². The van der Waals surface area contributed by atoms with E-state index in [0.717, 1.165) is 23.4 Å². The van der Waals surface area contributed by atoms with E-state index in [2.05, 4.69) is 10.3 Å². The minimum absolute atomic E-state index is 0.00403. The molecule has 2 heterocycles. The Kier molecular flexibility index (Phi) is 4.97. The number of carbonyl (C=O) groups excluding carboxylic acids is 1. The van der Waals surface area contributed by atoms with Crippen LogP contribution in [0.4, 0.5) is 0 Å². The van der Waals surface area contributed by atoms with E-state index in [1.807, 2.05) is 35.2 Å². The standard InChI is InChI=1S/C21H20ClN3O2/c22-17-8-4-7-15-20(17)24-18-9-10-25(12-16(18)21(15)27)13-19(26)23-11-14-5-2-1-3-6-14/h1-8H,9-13H2,(H,23,26)(H,24,27). The first-order valence-electron chi connectivity index (χ1n) is 8.97. The van der Waals surface area contributed by atoms with Crippen LogP contribution < -0.4 is 10.7 Å². The van der Waals surface area contributed by atoms with Crippen molar-refractivity contribution >= 4 is 28.4 Å². The molecule has 0 atom stereocenters. The number of benzene rings is 2. The number of nitrogens with one attached hydrogen (secondary N) is 2. The monoisotopic (exact) mass is 381 g/mol. The van der Waals surface area contributed by atoms with Crippen LogP contribution in [0.2, 0.25) is 5.02 Å². The zero-order valence-corrected chi connectivity index (χ0v) is 15.6. The number of fused-ring (bicyclic) bond motifs is 2. The maximum Gasteiger partial charge on any atom is 0.234 e. The molecule has 1 aromatic heterocycles. The number of H-pyrrole nitrogens is 1. The number of amides is 1. The Hall–Kier alpha value is -2.63. The lowest BCUT2D eigenvalue weighted by atomic mass is 10.0. The normalized spacial score (nSPS) is 14.1. The molecule has 0 bridgehead atoms. The van der Waals surface area contributed by atoms with Gasteiger partial charge in [-0.25, -0.2) is 0 Å². The molecule has 2 N–H and O–H groups in total. The van der Waals surface area contributed by atoms with Gasteiger partial charge in [-0.05, 0) is 17.7 Å². The smallest absolute Gasteiger partial charge is 0.234 e. The van der Waals surface area contributed by atoms with Gasteiger partial charge in [-0.3, -0.25) is 14.5 Å². The van der Waals surface area contributed by atoms with E-state index in [4.69, 9.17) is 11.6 Å². The summed E-state index contributed by atoms with van der Waals surface area (Å²) < 4.78 is 0. The predicted molar refractivity (Wildman–Crippen MR) is 107 cm³/mol. The van der Waals surface area contributed by atoms with Crippen LogP contribution in [0.1, 0.15) is 16.8 Å². The lowest BCUT2D eigenvalue weighted by molar-refractivity contribution is -0.122. The van der Waals surface area contributed by atoms with E-state index in [-0.39, 0.29) is 17.9 Å². The Morgan fingerprint density at radius 2 is 1.96 bits per heavy atom. The Morgan fingerprint density at radius 1 is 1.15 bits per heavy atom. The van der Waals surface area contributed by atoms with E-state index < -0.39 is 0 Å². The minimum Gasteiger partial charge on any atom is -0.357 e. The first-order valence-corrected chi connectivity index (χ1v) is 9.35. The first kappa shape index (κ1) is 17.8. The van der Waals surface area contributed by atoms with E-state index in [1.54, 1.807) is 18.2 Å². The van der Waals surface area contributed by atoms with Crippen molar-refractivity contribution in [3.05, 3.63) is 80.6 Å². The third-order valence-corrected chi connectivity index (χ3v) is 5.25. The number of pyridine rings is 1. The Morgan fingerprint density at radius 3 is 2.78 bits per heavy atom. The van der Waals surface area contributed by atoms with Crippen LogP contribution in [0.3, 0.4) is 0 Å². The van der Waals surface area contributed by atoms with Gasteiger partial charge in [0.05, 0.1) is 17.1 Å². The van der Waals surface area contributed by atoms with Crippen LogP contribution in [-0.4, -0.2) is 28.9 Å². The molecule has 2 aromatic carbocycles. The molecule has 0 fully saturated rings. The van der Waals surface area contributed by atoms with E-state index in [1.165, 1.54) is 0 Å². The van der Waals surface area contributed by atoms with E-state index >= 15 is 0 Å². The second-order valence-electron chi connectivity index (χ2n) is 6.80. The number of hydrogen-bond acceptors (Lipinski definition) is 3. The molecule has 0 saturated carbocycles. The Labute approximate surface area is 162 Å². The van der Waals surface area contributed by atoms with Crippen LogP contribution in [0, 0.1) is 0 Å². The number of nitrogens with zero attached hydrogens (tertiary/aromatic N) is 1. The van der Waals surface area contributed by atoms with Crippen molar-refractivity contribution in [2.75, 3.05) is 13.1 Å². The van der Waals surface area contributed by atoms with Crippen molar-refractivity contribution in [2.45, 2.75) is 19.5 Å². The quantitative estimate of drug-likeness (QED) is 0.730. The zero-order chi connectivity index (χ0) is 18.8. The maximum atomic E-state index is 12.9. The number of hydrogen-bond donors (Lipinski definition) is 2. The van der Waals surface area contributed by atoms with Gasteiger partial charge in [0.25, 0.3) is 0 Å². The summed E-state index contributed by atoms with van der Waals surface area (Å²) in [6.45, 7) is 1.97. The van der Waals surface area contributed by atoms with Crippen LogP contribution in [0.5, 0.6) is 0 Å². The maximum absolute atomic E-state index is 12.9. The number of aromatic nitrogens is 1. The second-order valence-corrected chi connectivity index (χ2v) is 7.20. The summed E-state index contributed by atoms with van der Waals surface area (Å²) in [5.74, 6) is -0.0393. The SMILES string of the molecule is O=C(CN1CCc2[nH]c3c(Cl)cccc3c(=O)c2C1)NCc1ccccc1. The molecule has 0 saturated heterocycles. The van der Waals surface area contributed by atoms with Crippen molar-refractivity contribution in [1.82, 2.24) is 15.2 Å². The molecule has 1 aliphatic rings. The molecule has 0 spiro atoms. The fourth-order valence-corrected chi connectivity index (χ4v) is 3.73. The average molecular weight is 382 g/mol. The van der Waals surface area contributed by atoms with Gasteiger partial charge < -0.3 is 10.3 Å². The summed E-state index contributed by atoms with van der Waals surface area (Å²) in [7, 11) is 0. The van der Waals surface area contributed by atoms with Gasteiger partial charge >= 0.3 is 0 Å². The topological polar surface area (TPSA) is 65.2 Å². The van der Waals surface area contributed by atoms with Gasteiger partial charge in [-0.2, -0.15) is 0 Å². The van der Waals surface area contributed by atoms with Crippen molar-refractivity contribution in [2.24, 2.45) is 0 Å². The summed E-state index contributed by atoms with van der Waals surface area (Å²) >= 11 is 6.22. The summed E-state index contributed by atoms with van der Waals surface area (Å²) in [4.78, 5) is 30.5. The number of para-hydroxylation sites is 1. The first-order chi connectivity index (χ1) is 13.1. The molecule has 4 rings (SSSR count). The van der Waals surface area contributed by atoms with E-state index in [9.17, 15) is 9.59 Å². The molecular formula is C21H20ClN3O2. The zero-order valence-electron chi connectivity index (χ0n) is 14.8. The highest BCUT2D eigenvalue weighted by molar-refractivity contribution is 6.35. The highest BCUT2D eigenvalue weighted by Gasteiger charge is 2.22. The van der Waals surface area contributed by atoms with E-state index in [0.29, 0.717) is 35.4 Å². The Balaban J connectivity index is 1.46. The van der Waals surface area contributed by atoms with Gasteiger partial charge in [-0.15, -0.1) is 0 Å². The van der Waals surface area contributed by atoms with Crippen molar-refractivity contribution < 1.29 is 4.79 Å². The molecule has 138 valence electrons. The van der Waals surface area contributed by atoms with Gasteiger partial charge in [0.1, 0.15) is 0 Å². The number of aromatic amines is 1. The summed E-state index contributed by atoms with van der Waals surface area (Å²) in [5.41, 5.74) is 3.40. The largest absolute Gasteiger partial charge is 0.357 e. The molecule has 5 nitrogen and oxygen atoms in total. The Bertz CT molecular complexity index is 1050. The van der Waals surface area contributed by atoms with Crippen LogP contribution >= 0.6 is 11.6 Å². The summed E-state index contributed by atoms with van der Waals surface area (Å²) in [5, 5.41) is 4.08. The van der Waals surface area contributed by atoms with Gasteiger partial charge in [0.2, 0.25) is 5.91 Å². The fourth-order valence-electron chi connectivity index (χ4n) is 3.51. The van der Waals surface area contributed by atoms with Crippen LogP contribution in [0.15, 0.2) is 53.3 Å². The highest BCUT2D eigenvalue weighted by Crippen LogP contribution is 2.23. The van der Waals surface area contributed by atoms with Crippen molar-refractivity contribution in [3.8, 4) is 0 Å². The van der Waals surface area contributed by atoms with Gasteiger partial charge in [-0.1, -0.05) is 48.0 Å². The molecule has 1 amide bonds. The van der Waals surface area contributed by atoms with Crippen molar-refractivity contribution in [1.29, 1.82) is 0 Å². The second kappa shape index (κ2) is 7.55. The predicted octanol–water partition coefficient (Wildman–Crippen LogP) is 2.86. The molecule has 27 heavy (non-hydrogen) atoms. The fraction of sp³-hybridized carbons (Fsp3) is 0.238. The average Bonchev–Trinajstić information content (AvgIpc) is 2.69. The lowest BCUT2D eigenvalue weighted by Crippen LogP contribution is -2.41. The third kappa shape index (κ3) is 3.75. The summed E-state index contributed by atoms with van der Waals surface area (Å²) in [6.07, 6.45) is 0.692. The molecular weight excluding hydrogens is 362 g/mol. The highest BCUT2D eigenvalue weighted by atomic mass is 35.5. The third-order valence-electron chi connectivity index (χ3n) is 4.93. The molecule has 0 radical (unpaired) electrons.